The van der Waals surface area contributed by atoms with Gasteiger partial charge in [-0.15, -0.1) is 0 Å². The van der Waals surface area contributed by atoms with E-state index in [-0.39, 0.29) is 5.92 Å². The quantitative estimate of drug-likeness (QED) is 0.739. The van der Waals surface area contributed by atoms with Gasteiger partial charge >= 0.3 is 5.97 Å². The molecule has 2 saturated heterocycles. The van der Waals surface area contributed by atoms with Gasteiger partial charge in [0, 0.05) is 19.7 Å². The number of carboxylic acids is 1. The zero-order valence-corrected chi connectivity index (χ0v) is 9.02. The van der Waals surface area contributed by atoms with Gasteiger partial charge in [-0.1, -0.05) is 0 Å². The third-order valence-electron chi connectivity index (χ3n) is 3.33. The molecule has 0 saturated carbocycles. The number of likely N-dealkylation sites (tertiary alicyclic amines) is 1. The van der Waals surface area contributed by atoms with E-state index in [2.05, 4.69) is 4.90 Å². The summed E-state index contributed by atoms with van der Waals surface area (Å²) in [6.45, 7) is 3.43. The summed E-state index contributed by atoms with van der Waals surface area (Å²) in [6, 6.07) is 0. The molecule has 2 fully saturated rings. The van der Waals surface area contributed by atoms with E-state index in [0.29, 0.717) is 6.10 Å². The van der Waals surface area contributed by atoms with E-state index in [1.54, 1.807) is 0 Å². The van der Waals surface area contributed by atoms with E-state index in [1.807, 2.05) is 0 Å². The summed E-state index contributed by atoms with van der Waals surface area (Å²) >= 11 is 0. The van der Waals surface area contributed by atoms with Crippen LogP contribution in [-0.2, 0) is 9.53 Å². The molecule has 0 aromatic rings. The molecular formula is C11H19NO3. The maximum atomic E-state index is 10.6. The van der Waals surface area contributed by atoms with E-state index in [1.165, 1.54) is 12.8 Å². The Labute approximate surface area is 90.2 Å². The third-order valence-corrected chi connectivity index (χ3v) is 3.33. The number of nitrogens with zero attached hydrogens (tertiary/aromatic N) is 1. The minimum Gasteiger partial charge on any atom is -0.481 e. The van der Waals surface area contributed by atoms with Crippen LogP contribution in [0.25, 0.3) is 0 Å². The first kappa shape index (κ1) is 10.9. The van der Waals surface area contributed by atoms with Crippen LogP contribution in [0.5, 0.6) is 0 Å². The topological polar surface area (TPSA) is 49.8 Å². The summed E-state index contributed by atoms with van der Waals surface area (Å²) in [4.78, 5) is 12.8. The highest BCUT2D eigenvalue weighted by Gasteiger charge is 2.31. The minimum absolute atomic E-state index is 0.118. The predicted molar refractivity (Wildman–Crippen MR) is 55.8 cm³/mol. The van der Waals surface area contributed by atoms with Crippen molar-refractivity contribution >= 4 is 5.97 Å². The molecule has 2 rings (SSSR count). The minimum atomic E-state index is -0.648. The lowest BCUT2D eigenvalue weighted by molar-refractivity contribution is -0.147. The van der Waals surface area contributed by atoms with Crippen LogP contribution in [-0.4, -0.2) is 48.3 Å². The van der Waals surface area contributed by atoms with E-state index < -0.39 is 5.97 Å². The highest BCUT2D eigenvalue weighted by atomic mass is 16.5. The van der Waals surface area contributed by atoms with Crippen molar-refractivity contribution < 1.29 is 14.6 Å². The smallest absolute Gasteiger partial charge is 0.309 e. The van der Waals surface area contributed by atoms with Crippen LogP contribution in [0, 0.1) is 5.92 Å². The second-order valence-corrected chi connectivity index (χ2v) is 4.57. The van der Waals surface area contributed by atoms with Crippen LogP contribution < -0.4 is 0 Å². The van der Waals surface area contributed by atoms with Crippen LogP contribution in [0.2, 0.25) is 0 Å². The molecule has 1 atom stereocenters. The Balaban J connectivity index is 1.51. The lowest BCUT2D eigenvalue weighted by atomic mass is 10.00. The molecule has 4 nitrogen and oxygen atoms in total. The largest absolute Gasteiger partial charge is 0.481 e. The number of hydrogen-bond acceptors (Lipinski definition) is 3. The van der Waals surface area contributed by atoms with Crippen molar-refractivity contribution in [1.82, 2.24) is 4.90 Å². The fourth-order valence-corrected chi connectivity index (χ4v) is 2.32. The molecule has 86 valence electrons. The fraction of sp³-hybridized carbons (Fsp3) is 0.909. The van der Waals surface area contributed by atoms with Gasteiger partial charge in [-0.05, 0) is 32.2 Å². The highest BCUT2D eigenvalue weighted by Crippen LogP contribution is 2.19. The van der Waals surface area contributed by atoms with Gasteiger partial charge in [-0.3, -0.25) is 4.79 Å². The second-order valence-electron chi connectivity index (χ2n) is 4.57. The van der Waals surface area contributed by atoms with E-state index >= 15 is 0 Å². The molecular weight excluding hydrogens is 194 g/mol. The average Bonchev–Trinajstić information content (AvgIpc) is 2.60. The van der Waals surface area contributed by atoms with Gasteiger partial charge in [-0.2, -0.15) is 0 Å². The first-order chi connectivity index (χ1) is 7.25. The van der Waals surface area contributed by atoms with Gasteiger partial charge in [0.2, 0.25) is 0 Å². The van der Waals surface area contributed by atoms with Crippen LogP contribution in [0.4, 0.5) is 0 Å². The van der Waals surface area contributed by atoms with Gasteiger partial charge in [0.15, 0.2) is 0 Å². The van der Waals surface area contributed by atoms with Crippen molar-refractivity contribution in [2.75, 3.05) is 26.2 Å². The van der Waals surface area contributed by atoms with Gasteiger partial charge in [0.05, 0.1) is 12.0 Å². The summed E-state index contributed by atoms with van der Waals surface area (Å²) in [7, 11) is 0. The Bertz CT molecular complexity index is 220. The van der Waals surface area contributed by atoms with E-state index in [9.17, 15) is 4.79 Å². The Morgan fingerprint density at radius 2 is 2.27 bits per heavy atom. The van der Waals surface area contributed by atoms with Crippen molar-refractivity contribution in [3.63, 3.8) is 0 Å². The molecule has 0 aromatic heterocycles. The van der Waals surface area contributed by atoms with Crippen LogP contribution in [0.15, 0.2) is 0 Å². The molecule has 4 heteroatoms. The summed E-state index contributed by atoms with van der Waals surface area (Å²) < 4.78 is 5.53. The van der Waals surface area contributed by atoms with Gasteiger partial charge in [-0.25, -0.2) is 0 Å². The first-order valence-corrected chi connectivity index (χ1v) is 5.82. The lowest BCUT2D eigenvalue weighted by Crippen LogP contribution is -2.50. The first-order valence-electron chi connectivity index (χ1n) is 5.82. The van der Waals surface area contributed by atoms with Crippen LogP contribution in [0.1, 0.15) is 25.7 Å². The molecule has 0 aromatic carbocycles. The Morgan fingerprint density at radius 3 is 2.87 bits per heavy atom. The molecule has 0 amide bonds. The molecule has 2 heterocycles. The molecule has 1 unspecified atom stereocenters. The van der Waals surface area contributed by atoms with Crippen molar-refractivity contribution in [2.24, 2.45) is 5.92 Å². The Kier molecular flexibility index (Phi) is 3.59. The molecule has 15 heavy (non-hydrogen) atoms. The fourth-order valence-electron chi connectivity index (χ4n) is 2.32. The lowest BCUT2D eigenvalue weighted by Gasteiger charge is -2.36. The van der Waals surface area contributed by atoms with Crippen molar-refractivity contribution in [2.45, 2.75) is 31.8 Å². The molecule has 2 aliphatic rings. The number of carboxylic acid groups (broad SMARTS) is 1. The van der Waals surface area contributed by atoms with Crippen molar-refractivity contribution in [3.05, 3.63) is 0 Å². The molecule has 1 N–H and O–H groups in total. The number of rotatable bonds is 5. The molecule has 0 radical (unpaired) electrons. The molecule has 0 bridgehead atoms. The van der Waals surface area contributed by atoms with E-state index in [0.717, 1.165) is 39.1 Å². The maximum absolute atomic E-state index is 10.6. The van der Waals surface area contributed by atoms with Crippen molar-refractivity contribution in [3.8, 4) is 0 Å². The monoisotopic (exact) mass is 213 g/mol. The summed E-state index contributed by atoms with van der Waals surface area (Å²) in [5, 5.41) is 8.70. The summed E-state index contributed by atoms with van der Waals surface area (Å²) in [5.41, 5.74) is 0. The summed E-state index contributed by atoms with van der Waals surface area (Å²) in [6.07, 6.45) is 5.15. The zero-order chi connectivity index (χ0) is 10.7. The normalized spacial score (nSPS) is 27.9. The van der Waals surface area contributed by atoms with Gasteiger partial charge in [0.25, 0.3) is 0 Å². The highest BCUT2D eigenvalue weighted by molar-refractivity contribution is 5.71. The Morgan fingerprint density at radius 1 is 1.47 bits per heavy atom. The summed E-state index contributed by atoms with van der Waals surface area (Å²) in [5.74, 6) is -0.766. The standard InChI is InChI=1S/C11H19NO3/c13-11(14)9-7-12(8-9)5-1-3-10-4-2-6-15-10/h9-10H,1-8H2,(H,13,14). The van der Waals surface area contributed by atoms with Gasteiger partial charge in [0.1, 0.15) is 0 Å². The second kappa shape index (κ2) is 4.94. The number of aliphatic carboxylic acids is 1. The predicted octanol–water partition coefficient (Wildman–Crippen LogP) is 0.962. The maximum Gasteiger partial charge on any atom is 0.309 e. The Hall–Kier alpha value is -0.610. The van der Waals surface area contributed by atoms with Crippen LogP contribution >= 0.6 is 0 Å². The van der Waals surface area contributed by atoms with E-state index in [4.69, 9.17) is 9.84 Å². The molecule has 0 aliphatic carbocycles. The number of carbonyl (C=O) groups is 1. The zero-order valence-electron chi connectivity index (χ0n) is 9.02. The van der Waals surface area contributed by atoms with Crippen molar-refractivity contribution in [1.29, 1.82) is 0 Å². The molecule has 0 spiro atoms. The third kappa shape index (κ3) is 2.92. The van der Waals surface area contributed by atoms with Gasteiger partial charge < -0.3 is 14.7 Å². The molecule has 2 aliphatic heterocycles. The number of ether oxygens (including phenoxy) is 1. The van der Waals surface area contributed by atoms with Crippen LogP contribution in [0.3, 0.4) is 0 Å². The SMILES string of the molecule is O=C(O)C1CN(CCCC2CCCO2)C1. The average molecular weight is 213 g/mol. The number of hydrogen-bond donors (Lipinski definition) is 1.